The van der Waals surface area contributed by atoms with Crippen LogP contribution in [-0.2, 0) is 8.87 Å². The van der Waals surface area contributed by atoms with E-state index in [1.165, 1.54) is 0 Å². The fraction of sp³-hybridized carbons (Fsp3) is 0.300. The van der Waals surface area contributed by atoms with Crippen molar-refractivity contribution in [2.45, 2.75) is 18.6 Å². The van der Waals surface area contributed by atoms with E-state index in [0.29, 0.717) is 28.3 Å². The second kappa shape index (κ2) is 6.24. The maximum Gasteiger partial charge on any atom is 1.00 e. The molecule has 0 radical (unpaired) electrons. The van der Waals surface area contributed by atoms with Crippen molar-refractivity contribution in [3.05, 3.63) is 24.3 Å². The number of para-hydroxylation sites is 2. The van der Waals surface area contributed by atoms with Crippen molar-refractivity contribution in [3.63, 3.8) is 0 Å². The van der Waals surface area contributed by atoms with Gasteiger partial charge in [-0.2, -0.15) is 0 Å². The van der Waals surface area contributed by atoms with Crippen LogP contribution in [0.25, 0.3) is 11.1 Å². The molecule has 0 aliphatic rings. The summed E-state index contributed by atoms with van der Waals surface area (Å²) < 4.78 is 28.4. The predicted molar refractivity (Wildman–Crippen MR) is 65.1 cm³/mol. The maximum absolute atomic E-state index is 11.5. The standard InChI is InChI=1S/C10H11NO3S2.Na.H/c1-2-7-16(12,13)15-10-11-8-5-3-4-6-9(8)14-10;;/h3-6H,2,7H2,1H3;;/q;+1;-1. The van der Waals surface area contributed by atoms with Crippen molar-refractivity contribution in [2.24, 2.45) is 0 Å². The van der Waals surface area contributed by atoms with E-state index in [4.69, 9.17) is 4.42 Å². The van der Waals surface area contributed by atoms with Crippen LogP contribution < -0.4 is 29.6 Å². The fourth-order valence-electron chi connectivity index (χ4n) is 1.29. The molecule has 0 saturated heterocycles. The Kier molecular flexibility index (Phi) is 5.53. The Labute approximate surface area is 127 Å². The minimum absolute atomic E-state index is 0. The SMILES string of the molecule is CCCS(=O)(=O)Sc1nc2ccccc2o1.[H-].[Na+]. The summed E-state index contributed by atoms with van der Waals surface area (Å²) in [5.41, 5.74) is 1.29. The molecule has 17 heavy (non-hydrogen) atoms. The maximum atomic E-state index is 11.5. The second-order valence-corrected chi connectivity index (χ2v) is 7.36. The zero-order valence-corrected chi connectivity index (χ0v) is 13.3. The molecular formula is C10H12NNaO3S2. The van der Waals surface area contributed by atoms with Crippen LogP contribution in [0.3, 0.4) is 0 Å². The summed E-state index contributed by atoms with van der Waals surface area (Å²) >= 11 is 0. The molecule has 0 aliphatic heterocycles. The predicted octanol–water partition coefficient (Wildman–Crippen LogP) is -0.224. The number of oxazole rings is 1. The van der Waals surface area contributed by atoms with Gasteiger partial charge in [0, 0.05) is 0 Å². The van der Waals surface area contributed by atoms with Crippen LogP contribution in [0.5, 0.6) is 0 Å². The van der Waals surface area contributed by atoms with Crippen LogP contribution in [0, 0.1) is 0 Å². The first-order valence-electron chi connectivity index (χ1n) is 4.88. The van der Waals surface area contributed by atoms with Crippen LogP contribution in [0.2, 0.25) is 0 Å². The van der Waals surface area contributed by atoms with Gasteiger partial charge in [-0.1, -0.05) is 19.1 Å². The molecular weight excluding hydrogens is 269 g/mol. The molecule has 1 aromatic heterocycles. The van der Waals surface area contributed by atoms with E-state index in [2.05, 4.69) is 4.98 Å². The molecule has 0 saturated carbocycles. The molecule has 4 nitrogen and oxygen atoms in total. The van der Waals surface area contributed by atoms with Crippen LogP contribution in [-0.4, -0.2) is 19.2 Å². The van der Waals surface area contributed by atoms with Gasteiger partial charge in [0.15, 0.2) is 5.58 Å². The van der Waals surface area contributed by atoms with Gasteiger partial charge in [0.05, 0.1) is 16.5 Å². The summed E-state index contributed by atoms with van der Waals surface area (Å²) in [6.07, 6.45) is 0.593. The van der Waals surface area contributed by atoms with E-state index in [0.717, 1.165) is 0 Å². The normalized spacial score (nSPS) is 11.4. The van der Waals surface area contributed by atoms with Crippen molar-refractivity contribution in [1.82, 2.24) is 4.98 Å². The average Bonchev–Trinajstić information content (AvgIpc) is 2.58. The Bertz CT molecular complexity index is 567. The molecule has 0 bridgehead atoms. The van der Waals surface area contributed by atoms with E-state index in [1.807, 2.05) is 19.1 Å². The largest absolute Gasteiger partial charge is 1.00 e. The van der Waals surface area contributed by atoms with Gasteiger partial charge in [0.1, 0.15) is 5.52 Å². The van der Waals surface area contributed by atoms with Crippen molar-refractivity contribution in [2.75, 3.05) is 5.75 Å². The van der Waals surface area contributed by atoms with Gasteiger partial charge in [-0.3, -0.25) is 0 Å². The topological polar surface area (TPSA) is 60.2 Å². The van der Waals surface area contributed by atoms with E-state index >= 15 is 0 Å². The molecule has 7 heteroatoms. The van der Waals surface area contributed by atoms with Crippen LogP contribution >= 0.6 is 10.8 Å². The molecule has 1 aromatic carbocycles. The summed E-state index contributed by atoms with van der Waals surface area (Å²) in [6.45, 7) is 1.82. The van der Waals surface area contributed by atoms with Crippen LogP contribution in [0.4, 0.5) is 0 Å². The molecule has 2 aromatic rings. The van der Waals surface area contributed by atoms with Gasteiger partial charge in [-0.25, -0.2) is 13.4 Å². The zero-order chi connectivity index (χ0) is 11.6. The molecule has 2 rings (SSSR count). The van der Waals surface area contributed by atoms with Gasteiger partial charge >= 0.3 is 29.6 Å². The number of benzene rings is 1. The molecule has 0 spiro atoms. The zero-order valence-electron chi connectivity index (χ0n) is 10.7. The van der Waals surface area contributed by atoms with Gasteiger partial charge in [0.25, 0.3) is 5.22 Å². The monoisotopic (exact) mass is 281 g/mol. The van der Waals surface area contributed by atoms with Crippen LogP contribution in [0.15, 0.2) is 33.9 Å². The Morgan fingerprint density at radius 3 is 2.76 bits per heavy atom. The van der Waals surface area contributed by atoms with Crippen molar-refractivity contribution in [1.29, 1.82) is 0 Å². The average molecular weight is 281 g/mol. The first kappa shape index (κ1) is 15.0. The number of fused-ring (bicyclic) bond motifs is 1. The molecule has 0 amide bonds. The second-order valence-electron chi connectivity index (χ2n) is 3.29. The molecule has 0 N–H and O–H groups in total. The van der Waals surface area contributed by atoms with Crippen molar-refractivity contribution < 1.29 is 43.8 Å². The van der Waals surface area contributed by atoms with Gasteiger partial charge < -0.3 is 5.84 Å². The minimum atomic E-state index is -3.17. The first-order valence-corrected chi connectivity index (χ1v) is 7.87. The van der Waals surface area contributed by atoms with E-state index in [1.54, 1.807) is 12.1 Å². The van der Waals surface area contributed by atoms with E-state index in [-0.39, 0.29) is 42.0 Å². The smallest absolute Gasteiger partial charge is 1.00 e. The molecule has 88 valence electrons. The van der Waals surface area contributed by atoms with E-state index in [9.17, 15) is 8.42 Å². The number of aromatic nitrogens is 1. The fourth-order valence-corrected chi connectivity index (χ4v) is 3.96. The summed E-state index contributed by atoms with van der Waals surface area (Å²) in [5, 5.41) is 0.189. The summed E-state index contributed by atoms with van der Waals surface area (Å²) in [6, 6.07) is 7.20. The Morgan fingerprint density at radius 1 is 1.41 bits per heavy atom. The summed E-state index contributed by atoms with van der Waals surface area (Å²) in [5.74, 6) is 0.135. The molecule has 0 unspecified atom stereocenters. The van der Waals surface area contributed by atoms with Crippen LogP contribution in [0.1, 0.15) is 14.8 Å². The van der Waals surface area contributed by atoms with Gasteiger partial charge in [-0.05, 0) is 18.6 Å². The quantitative estimate of drug-likeness (QED) is 0.572. The number of rotatable bonds is 4. The third kappa shape index (κ3) is 3.99. The van der Waals surface area contributed by atoms with E-state index < -0.39 is 8.87 Å². The Hall–Kier alpha value is -0.0100. The third-order valence-electron chi connectivity index (χ3n) is 1.93. The molecule has 0 atom stereocenters. The number of hydrogen-bond donors (Lipinski definition) is 0. The summed E-state index contributed by atoms with van der Waals surface area (Å²) in [7, 11) is -2.48. The third-order valence-corrected chi connectivity index (χ3v) is 5.10. The summed E-state index contributed by atoms with van der Waals surface area (Å²) in [4.78, 5) is 4.10. The number of hydrogen-bond acceptors (Lipinski definition) is 5. The van der Waals surface area contributed by atoms with Gasteiger partial charge in [-0.15, -0.1) is 0 Å². The minimum Gasteiger partial charge on any atom is -1.00 e. The van der Waals surface area contributed by atoms with Gasteiger partial charge in [0.2, 0.25) is 8.87 Å². The number of nitrogens with zero attached hydrogens (tertiary/aromatic N) is 1. The molecule has 0 fully saturated rings. The molecule has 1 heterocycles. The molecule has 0 aliphatic carbocycles. The Morgan fingerprint density at radius 2 is 2.12 bits per heavy atom. The van der Waals surface area contributed by atoms with Crippen molar-refractivity contribution >= 4 is 30.8 Å². The Balaban J connectivity index is 0.00000144. The van der Waals surface area contributed by atoms with Crippen molar-refractivity contribution in [3.8, 4) is 0 Å². The first-order chi connectivity index (χ1) is 7.61.